The predicted molar refractivity (Wildman–Crippen MR) is 137 cm³/mol. The topological polar surface area (TPSA) is 301 Å². The van der Waals surface area contributed by atoms with E-state index in [4.69, 9.17) is 35.6 Å². The molecule has 0 aromatic carbocycles. The molecule has 0 saturated carbocycles. The molecular weight excluding hydrogens is 584 g/mol. The average Bonchev–Trinajstić information content (AvgIpc) is 2.99. The number of quaternary nitrogens is 2. The fraction of sp³-hybridized carbons (Fsp3) is 0.789. The lowest BCUT2D eigenvalue weighted by Gasteiger charge is -2.27. The summed E-state index contributed by atoms with van der Waals surface area (Å²) >= 11 is 0. The molecule has 1 fully saturated rings. The first-order chi connectivity index (χ1) is 17.9. The lowest BCUT2D eigenvalue weighted by molar-refractivity contribution is -0.870. The summed E-state index contributed by atoms with van der Waals surface area (Å²) in [5, 5.41) is 44.9. The molecule has 2 rings (SSSR count). The molecule has 1 saturated heterocycles. The predicted octanol–water partition coefficient (Wildman–Crippen LogP) is -5.27. The normalized spacial score (nSPS) is 21.3. The molecule has 0 radical (unpaired) electrons. The van der Waals surface area contributed by atoms with Crippen LogP contribution in [0.4, 0.5) is 5.82 Å². The molecule has 1 aliphatic heterocycles. The lowest BCUT2D eigenvalue weighted by Crippen LogP contribution is -2.36. The average molecular weight is 628 g/mol. The number of hydrogen-bond acceptors (Lipinski definition) is 14. The van der Waals surface area contributed by atoms with E-state index in [1.807, 2.05) is 0 Å². The summed E-state index contributed by atoms with van der Waals surface area (Å²) < 4.78 is 29.6. The summed E-state index contributed by atoms with van der Waals surface area (Å²) in [6.45, 7) is 1.78. The molecule has 1 aromatic heterocycles. The van der Waals surface area contributed by atoms with Crippen molar-refractivity contribution in [3.63, 3.8) is 0 Å². The molecule has 21 heteroatoms. The van der Waals surface area contributed by atoms with Gasteiger partial charge in [0.05, 0.1) is 69.9 Å². The van der Waals surface area contributed by atoms with E-state index in [1.54, 1.807) is 0 Å². The number of aromatic nitrogens is 2. The minimum absolute atomic E-state index is 0.0537. The number of nitrogens with two attached hydrogens (primary N) is 1. The van der Waals surface area contributed by atoms with Gasteiger partial charge < -0.3 is 69.1 Å². The highest BCUT2D eigenvalue weighted by Gasteiger charge is 2.43. The van der Waals surface area contributed by atoms with Gasteiger partial charge in [-0.05, 0) is 6.07 Å². The van der Waals surface area contributed by atoms with Gasteiger partial charge in [0.25, 0.3) is 0 Å². The SMILES string of the molecule is C[N+](C)(C)CCO.C[N+](C)(C)CCO.Nc1ccn([C@@H]2O[C@H](CO)[C@@H](O)[C@H]2O)c(=O)n1.O=P([O-])([O-])OP(=O)(O)O. The molecule has 9 N–H and O–H groups in total. The molecule has 40 heavy (non-hydrogen) atoms. The lowest BCUT2D eigenvalue weighted by atomic mass is 10.1. The summed E-state index contributed by atoms with van der Waals surface area (Å²) in [5.74, 6) is 0.0537. The first-order valence-corrected chi connectivity index (χ1v) is 14.4. The summed E-state index contributed by atoms with van der Waals surface area (Å²) in [7, 11) is 1.59. The smallest absolute Gasteiger partial charge is 0.473 e. The maximum absolute atomic E-state index is 11.5. The number of aliphatic hydroxyl groups is 5. The first kappa shape index (κ1) is 40.8. The van der Waals surface area contributed by atoms with E-state index in [1.165, 1.54) is 12.3 Å². The van der Waals surface area contributed by atoms with Gasteiger partial charge in [-0.2, -0.15) is 4.98 Å². The number of ether oxygens (including phenoxy) is 1. The maximum Gasteiger partial charge on any atom is 0.473 e. The van der Waals surface area contributed by atoms with Gasteiger partial charge >= 0.3 is 13.5 Å². The van der Waals surface area contributed by atoms with Gasteiger partial charge in [-0.25, -0.2) is 9.36 Å². The van der Waals surface area contributed by atoms with Crippen LogP contribution in [0.3, 0.4) is 0 Å². The second-order valence-corrected chi connectivity index (χ2v) is 12.8. The Balaban J connectivity index is 0. The van der Waals surface area contributed by atoms with Gasteiger partial charge in [-0.3, -0.25) is 8.88 Å². The third-order valence-electron chi connectivity index (χ3n) is 4.39. The van der Waals surface area contributed by atoms with Crippen LogP contribution in [0, 0.1) is 0 Å². The van der Waals surface area contributed by atoms with Crippen LogP contribution >= 0.6 is 15.6 Å². The summed E-state index contributed by atoms with van der Waals surface area (Å²) in [6, 6.07) is 1.37. The molecule has 0 spiro atoms. The summed E-state index contributed by atoms with van der Waals surface area (Å²) in [6.07, 6.45) is -3.27. The van der Waals surface area contributed by atoms with Gasteiger partial charge in [-0.1, -0.05) is 0 Å². The number of phosphoric acid groups is 2. The second-order valence-electron chi connectivity index (χ2n) is 10.3. The Labute approximate surface area is 231 Å². The van der Waals surface area contributed by atoms with Crippen LogP contribution in [-0.4, -0.2) is 147 Å². The van der Waals surface area contributed by atoms with E-state index >= 15 is 0 Å². The van der Waals surface area contributed by atoms with Crippen molar-refractivity contribution in [3.8, 4) is 0 Å². The van der Waals surface area contributed by atoms with Crippen LogP contribution in [0.1, 0.15) is 6.23 Å². The first-order valence-electron chi connectivity index (χ1n) is 11.5. The van der Waals surface area contributed by atoms with E-state index in [0.717, 1.165) is 26.6 Å². The Morgan fingerprint density at radius 3 is 1.68 bits per heavy atom. The Hall–Kier alpha value is -1.38. The Morgan fingerprint density at radius 1 is 1.00 bits per heavy atom. The van der Waals surface area contributed by atoms with Crippen molar-refractivity contribution in [2.24, 2.45) is 0 Å². The highest BCUT2D eigenvalue weighted by Crippen LogP contribution is 2.49. The van der Waals surface area contributed by atoms with E-state index in [0.29, 0.717) is 0 Å². The van der Waals surface area contributed by atoms with Crippen molar-refractivity contribution in [1.82, 2.24) is 9.55 Å². The minimum atomic E-state index is -5.55. The van der Waals surface area contributed by atoms with Crippen molar-refractivity contribution in [3.05, 3.63) is 22.7 Å². The standard InChI is InChI=1S/C9H13N3O5.2C5H14NO.H4O7P2/c10-5-1-2-12(9(16)11-5)8-7(15)6(14)4(3-13)17-8;2*1-6(2,3)4-5-7;1-8(2,3)7-9(4,5)6/h1-2,4,6-8,13-15H,3H2,(H2,10,11,16);2*7H,4-5H2,1-3H3;(H2,1,2,3)(H2,4,5,6)/q;2*+1;/p-2/t4-,6-,7-,8-;;;/m1.../s1. The Kier molecular flexibility index (Phi) is 17.9. The summed E-state index contributed by atoms with van der Waals surface area (Å²) in [5.41, 5.74) is 4.63. The molecule has 1 aliphatic rings. The van der Waals surface area contributed by atoms with Gasteiger partial charge in [0, 0.05) is 6.20 Å². The van der Waals surface area contributed by atoms with Gasteiger partial charge in [0.2, 0.25) is 0 Å². The number of rotatable bonds is 8. The number of nitrogens with zero attached hydrogens (tertiary/aromatic N) is 4. The van der Waals surface area contributed by atoms with Crippen molar-refractivity contribution >= 4 is 21.5 Å². The van der Waals surface area contributed by atoms with E-state index in [-0.39, 0.29) is 19.0 Å². The highest BCUT2D eigenvalue weighted by atomic mass is 31.3. The molecule has 0 aliphatic carbocycles. The summed E-state index contributed by atoms with van der Waals surface area (Å²) in [4.78, 5) is 49.1. The van der Waals surface area contributed by atoms with Crippen molar-refractivity contribution in [2.75, 3.05) is 80.9 Å². The zero-order valence-electron chi connectivity index (χ0n) is 23.2. The molecule has 1 aromatic rings. The largest absolute Gasteiger partial charge is 0.789 e. The molecule has 0 unspecified atom stereocenters. The van der Waals surface area contributed by atoms with Gasteiger partial charge in [0.15, 0.2) is 6.23 Å². The van der Waals surface area contributed by atoms with E-state index < -0.39 is 52.5 Å². The number of nitrogen functional groups attached to an aromatic ring is 1. The van der Waals surface area contributed by atoms with Crippen LogP contribution in [0.5, 0.6) is 0 Å². The van der Waals surface area contributed by atoms with Crippen molar-refractivity contribution in [1.29, 1.82) is 0 Å². The number of hydrogen-bond donors (Lipinski definition) is 8. The molecular formula is C19H43N5O14P2. The quantitative estimate of drug-likeness (QED) is 0.0986. The van der Waals surface area contributed by atoms with Crippen LogP contribution < -0.4 is 21.2 Å². The zero-order chi connectivity index (χ0) is 32.1. The number of likely N-dealkylation sites (N-methyl/N-ethyl adjacent to an activating group) is 2. The Bertz CT molecular complexity index is 968. The zero-order valence-corrected chi connectivity index (χ0v) is 25.0. The fourth-order valence-corrected chi connectivity index (χ4v) is 3.50. The molecule has 19 nitrogen and oxygen atoms in total. The fourth-order valence-electron chi connectivity index (χ4n) is 2.46. The van der Waals surface area contributed by atoms with E-state index in [2.05, 4.69) is 51.6 Å². The van der Waals surface area contributed by atoms with Crippen LogP contribution in [0.25, 0.3) is 0 Å². The van der Waals surface area contributed by atoms with Crippen LogP contribution in [-0.2, 0) is 18.2 Å². The number of aliphatic hydroxyl groups excluding tert-OH is 5. The third-order valence-corrected chi connectivity index (χ3v) is 6.04. The molecule has 4 atom stereocenters. The van der Waals surface area contributed by atoms with Gasteiger partial charge in [0.1, 0.15) is 37.2 Å². The molecule has 0 bridgehead atoms. The monoisotopic (exact) mass is 627 g/mol. The molecule has 238 valence electrons. The molecule has 2 heterocycles. The van der Waals surface area contributed by atoms with Crippen LogP contribution in [0.15, 0.2) is 17.1 Å². The van der Waals surface area contributed by atoms with E-state index in [9.17, 15) is 33.9 Å². The third kappa shape index (κ3) is 20.5. The Morgan fingerprint density at radius 2 is 1.45 bits per heavy atom. The van der Waals surface area contributed by atoms with Crippen molar-refractivity contribution in [2.45, 2.75) is 24.5 Å². The van der Waals surface area contributed by atoms with Crippen LogP contribution in [0.2, 0.25) is 0 Å². The maximum atomic E-state index is 11.5. The molecule has 0 amide bonds. The van der Waals surface area contributed by atoms with Crippen molar-refractivity contribution < 1.29 is 72.2 Å². The highest BCUT2D eigenvalue weighted by molar-refractivity contribution is 7.58. The minimum Gasteiger partial charge on any atom is -0.789 e. The van der Waals surface area contributed by atoms with Gasteiger partial charge in [-0.15, -0.1) is 0 Å². The second kappa shape index (κ2) is 17.5. The number of anilines is 1.